The Hall–Kier alpha value is -2.58. The number of hydrogen-bond donors (Lipinski definition) is 3. The van der Waals surface area contributed by atoms with Gasteiger partial charge in [0.2, 0.25) is 11.8 Å². The number of carbonyl (C=O) groups excluding carboxylic acids is 3. The lowest BCUT2D eigenvalue weighted by Crippen LogP contribution is -2.54. The van der Waals surface area contributed by atoms with Crippen molar-refractivity contribution in [2.24, 2.45) is 5.92 Å². The molecule has 9 heteroatoms. The van der Waals surface area contributed by atoms with Crippen LogP contribution in [0.4, 0.5) is 4.79 Å². The molecule has 1 heterocycles. The maximum atomic E-state index is 12.9. The van der Waals surface area contributed by atoms with Gasteiger partial charge in [-0.25, -0.2) is 9.59 Å². The van der Waals surface area contributed by atoms with Gasteiger partial charge in [-0.15, -0.1) is 0 Å². The van der Waals surface area contributed by atoms with Crippen LogP contribution in [-0.2, 0) is 19.1 Å². The molecule has 9 nitrogen and oxygen atoms in total. The van der Waals surface area contributed by atoms with E-state index in [1.54, 1.807) is 20.8 Å². The number of nitrogens with one attached hydrogen (secondary N) is 2. The third-order valence-corrected chi connectivity index (χ3v) is 5.74. The highest BCUT2D eigenvalue weighted by Gasteiger charge is 2.61. The van der Waals surface area contributed by atoms with Crippen LogP contribution in [0.5, 0.6) is 0 Å². The first kappa shape index (κ1) is 25.7. The van der Waals surface area contributed by atoms with Crippen molar-refractivity contribution in [3.05, 3.63) is 12.2 Å². The van der Waals surface area contributed by atoms with Crippen LogP contribution in [0.2, 0.25) is 0 Å². The Kier molecular flexibility index (Phi) is 8.69. The van der Waals surface area contributed by atoms with Crippen molar-refractivity contribution in [1.29, 1.82) is 0 Å². The van der Waals surface area contributed by atoms with Crippen LogP contribution in [0.3, 0.4) is 0 Å². The van der Waals surface area contributed by atoms with E-state index in [4.69, 9.17) is 4.74 Å². The molecule has 3 amide bonds. The predicted molar refractivity (Wildman–Crippen MR) is 119 cm³/mol. The van der Waals surface area contributed by atoms with Crippen LogP contribution in [0.25, 0.3) is 0 Å². The molecule has 1 saturated heterocycles. The number of carbonyl (C=O) groups is 4. The van der Waals surface area contributed by atoms with E-state index in [0.29, 0.717) is 25.8 Å². The van der Waals surface area contributed by atoms with E-state index >= 15 is 0 Å². The monoisotopic (exact) mass is 451 g/mol. The first-order valence-electron chi connectivity index (χ1n) is 11.5. The van der Waals surface area contributed by atoms with Gasteiger partial charge in [-0.3, -0.25) is 9.59 Å². The van der Waals surface area contributed by atoms with Crippen molar-refractivity contribution in [2.75, 3.05) is 13.1 Å². The normalized spacial score (nSPS) is 24.9. The molecule has 0 spiro atoms. The van der Waals surface area contributed by atoms with Crippen LogP contribution in [-0.4, -0.2) is 64.2 Å². The van der Waals surface area contributed by atoms with Crippen molar-refractivity contribution in [2.45, 2.75) is 89.8 Å². The molecule has 0 aromatic rings. The van der Waals surface area contributed by atoms with Crippen LogP contribution in [0.1, 0.15) is 72.6 Å². The zero-order valence-corrected chi connectivity index (χ0v) is 19.6. The number of aliphatic carboxylic acids is 1. The van der Waals surface area contributed by atoms with Gasteiger partial charge in [0, 0.05) is 12.5 Å². The van der Waals surface area contributed by atoms with Crippen LogP contribution < -0.4 is 10.6 Å². The first-order valence-corrected chi connectivity index (χ1v) is 11.5. The average molecular weight is 452 g/mol. The second-order valence-corrected chi connectivity index (χ2v) is 9.60. The van der Waals surface area contributed by atoms with E-state index in [1.165, 1.54) is 4.90 Å². The smallest absolute Gasteiger partial charge is 0.408 e. The van der Waals surface area contributed by atoms with E-state index in [2.05, 4.69) is 17.6 Å². The Morgan fingerprint density at radius 2 is 1.94 bits per heavy atom. The zero-order valence-electron chi connectivity index (χ0n) is 19.6. The molecule has 1 aliphatic carbocycles. The minimum atomic E-state index is -1.30. The van der Waals surface area contributed by atoms with Crippen molar-refractivity contribution in [3.8, 4) is 0 Å². The molecule has 0 bridgehead atoms. The van der Waals surface area contributed by atoms with Gasteiger partial charge in [0.25, 0.3) is 0 Å². The number of allylic oxidation sites excluding steroid dienone is 1. The average Bonchev–Trinajstić information content (AvgIpc) is 3.17. The summed E-state index contributed by atoms with van der Waals surface area (Å²) >= 11 is 0. The summed E-state index contributed by atoms with van der Waals surface area (Å²) in [7, 11) is 0. The lowest BCUT2D eigenvalue weighted by atomic mass is 10.1. The number of carboxylic acids is 1. The number of unbranched alkanes of at least 4 members (excludes halogenated alkanes) is 3. The lowest BCUT2D eigenvalue weighted by Gasteiger charge is -2.26. The van der Waals surface area contributed by atoms with E-state index in [0.717, 1.165) is 25.7 Å². The van der Waals surface area contributed by atoms with Crippen molar-refractivity contribution >= 4 is 23.9 Å². The number of likely N-dealkylation sites (tertiary alicyclic amines) is 1. The Bertz CT molecular complexity index is 745. The number of amides is 3. The fourth-order valence-corrected chi connectivity index (χ4v) is 3.94. The topological polar surface area (TPSA) is 125 Å². The van der Waals surface area contributed by atoms with Gasteiger partial charge in [-0.2, -0.15) is 0 Å². The van der Waals surface area contributed by atoms with E-state index in [9.17, 15) is 24.3 Å². The maximum absolute atomic E-state index is 12.9. The third-order valence-electron chi connectivity index (χ3n) is 5.74. The van der Waals surface area contributed by atoms with Gasteiger partial charge in [0.15, 0.2) is 0 Å². The molecule has 0 radical (unpaired) electrons. The second kappa shape index (κ2) is 10.8. The molecule has 0 aromatic carbocycles. The summed E-state index contributed by atoms with van der Waals surface area (Å²) in [5.74, 6) is -2.17. The molecule has 3 N–H and O–H groups in total. The lowest BCUT2D eigenvalue weighted by molar-refractivity contribution is -0.145. The molecule has 2 fully saturated rings. The summed E-state index contributed by atoms with van der Waals surface area (Å²) in [6.07, 6.45) is 8.81. The summed E-state index contributed by atoms with van der Waals surface area (Å²) in [5.41, 5.74) is -1.98. The predicted octanol–water partition coefficient (Wildman–Crippen LogP) is 2.60. The van der Waals surface area contributed by atoms with Gasteiger partial charge < -0.3 is 25.4 Å². The fourth-order valence-electron chi connectivity index (χ4n) is 3.94. The third kappa shape index (κ3) is 6.97. The Labute approximate surface area is 189 Å². The zero-order chi connectivity index (χ0) is 23.9. The molecule has 32 heavy (non-hydrogen) atoms. The molecular weight excluding hydrogens is 414 g/mol. The maximum Gasteiger partial charge on any atom is 0.408 e. The highest BCUT2D eigenvalue weighted by atomic mass is 16.6. The summed E-state index contributed by atoms with van der Waals surface area (Å²) in [6.45, 7) is 7.39. The largest absolute Gasteiger partial charge is 0.479 e. The van der Waals surface area contributed by atoms with Crippen molar-refractivity contribution in [3.63, 3.8) is 0 Å². The molecule has 1 aliphatic heterocycles. The minimum Gasteiger partial charge on any atom is -0.479 e. The molecule has 3 atom stereocenters. The highest BCUT2D eigenvalue weighted by molar-refractivity contribution is 5.95. The Morgan fingerprint density at radius 1 is 1.22 bits per heavy atom. The number of ether oxygens (including phenoxy) is 1. The van der Waals surface area contributed by atoms with Gasteiger partial charge in [-0.1, -0.05) is 31.9 Å². The van der Waals surface area contributed by atoms with Crippen LogP contribution in [0, 0.1) is 5.92 Å². The second-order valence-electron chi connectivity index (χ2n) is 9.60. The molecular formula is C23H37N3O6. The standard InChI is InChI=1S/C23H37N3O6/c1-5-6-7-8-9-11-16-14-23(16,20(29)30)25-19(28)17-12-10-13-26(17)18(27)15-24-21(31)32-22(2,3)4/h9,11,16-17H,5-8,10,12-15H2,1-4H3,(H,24,31)(H,25,28)(H,29,30)/b11-9-/t16-,17+,23-/m1/s1. The number of alkyl carbamates (subject to hydrolysis) is 1. The van der Waals surface area contributed by atoms with Gasteiger partial charge in [0.1, 0.15) is 23.7 Å². The first-order chi connectivity index (χ1) is 15.0. The van der Waals surface area contributed by atoms with Gasteiger partial charge >= 0.3 is 12.1 Å². The van der Waals surface area contributed by atoms with Gasteiger partial charge in [0.05, 0.1) is 0 Å². The summed E-state index contributed by atoms with van der Waals surface area (Å²) in [4.78, 5) is 50.6. The molecule has 0 unspecified atom stereocenters. The summed E-state index contributed by atoms with van der Waals surface area (Å²) < 4.78 is 5.12. The van der Waals surface area contributed by atoms with E-state index in [-0.39, 0.29) is 12.5 Å². The van der Waals surface area contributed by atoms with Crippen LogP contribution >= 0.6 is 0 Å². The molecule has 1 saturated carbocycles. The summed E-state index contributed by atoms with van der Waals surface area (Å²) in [5, 5.41) is 14.8. The fraction of sp³-hybridized carbons (Fsp3) is 0.739. The van der Waals surface area contributed by atoms with Gasteiger partial charge in [-0.05, 0) is 52.9 Å². The number of hydrogen-bond acceptors (Lipinski definition) is 5. The number of nitrogens with zero attached hydrogens (tertiary/aromatic N) is 1. The number of rotatable bonds is 10. The van der Waals surface area contributed by atoms with Crippen LogP contribution in [0.15, 0.2) is 12.2 Å². The minimum absolute atomic E-state index is 0.245. The highest BCUT2D eigenvalue weighted by Crippen LogP contribution is 2.45. The van der Waals surface area contributed by atoms with E-state index in [1.807, 2.05) is 12.2 Å². The molecule has 2 rings (SSSR count). The SMILES string of the molecule is CCCCC/C=C\[C@@H]1C[C@]1(NC(=O)[C@@H]1CCCN1C(=O)CNC(=O)OC(C)(C)C)C(=O)O. The molecule has 180 valence electrons. The molecule has 0 aromatic heterocycles. The number of carboxylic acid groups (broad SMARTS) is 1. The van der Waals surface area contributed by atoms with Crippen molar-refractivity contribution in [1.82, 2.24) is 15.5 Å². The summed E-state index contributed by atoms with van der Waals surface area (Å²) in [6, 6.07) is -0.742. The van der Waals surface area contributed by atoms with E-state index < -0.39 is 41.1 Å². The Morgan fingerprint density at radius 3 is 2.56 bits per heavy atom. The molecule has 2 aliphatic rings. The quantitative estimate of drug-likeness (QED) is 0.346. The Balaban J connectivity index is 1.91. The van der Waals surface area contributed by atoms with Crippen molar-refractivity contribution < 1.29 is 29.0 Å².